The van der Waals surface area contributed by atoms with Gasteiger partial charge in [0.2, 0.25) is 0 Å². The van der Waals surface area contributed by atoms with Gasteiger partial charge in [-0.3, -0.25) is 25.2 Å². The molecule has 0 radical (unpaired) electrons. The summed E-state index contributed by atoms with van der Waals surface area (Å²) >= 11 is 6.77. The fraction of sp³-hybridized carbons (Fsp3) is 0.571. The molecule has 4 fully saturated rings. The van der Waals surface area contributed by atoms with E-state index in [1.165, 1.54) is 6.92 Å². The second-order valence-corrected chi connectivity index (χ2v) is 9.55. The minimum atomic E-state index is -0.997. The number of alkyl halides is 1. The van der Waals surface area contributed by atoms with Crippen LogP contribution < -0.4 is 10.9 Å². The Balaban J connectivity index is 1.33. The first-order valence-electron chi connectivity index (χ1n) is 9.84. The predicted molar refractivity (Wildman–Crippen MR) is 103 cm³/mol. The fourth-order valence-corrected chi connectivity index (χ4v) is 6.30. The molecule has 6 nitrogen and oxygen atoms in total. The quantitative estimate of drug-likeness (QED) is 0.459. The van der Waals surface area contributed by atoms with Crippen molar-refractivity contribution in [3.8, 4) is 0 Å². The van der Waals surface area contributed by atoms with E-state index in [1.807, 2.05) is 0 Å². The van der Waals surface area contributed by atoms with Gasteiger partial charge in [0.15, 0.2) is 6.10 Å². The molecule has 0 spiro atoms. The summed E-state index contributed by atoms with van der Waals surface area (Å²) in [5, 5.41) is 0. The van der Waals surface area contributed by atoms with Crippen LogP contribution in [0.2, 0.25) is 0 Å². The van der Waals surface area contributed by atoms with Crippen LogP contribution in [0.15, 0.2) is 30.3 Å². The molecule has 0 saturated heterocycles. The standard InChI is InChI=1S/C21H25ClN2O4/c1-13(17(25)23-24-18(26)16-5-3-2-4-6-16)28-19(27)20-8-14-7-15(9-20)11-21(22,10-14)12-20/h2-6,13-15H,7-12H2,1H3,(H,23,25)(H,24,26)/t13-,14-,15+,20?,21?/m0/s1. The Morgan fingerprint density at radius 3 is 2.32 bits per heavy atom. The van der Waals surface area contributed by atoms with Gasteiger partial charge in [-0.15, -0.1) is 11.6 Å². The van der Waals surface area contributed by atoms with E-state index in [-0.39, 0.29) is 10.8 Å². The first-order valence-corrected chi connectivity index (χ1v) is 10.2. The van der Waals surface area contributed by atoms with E-state index >= 15 is 0 Å². The number of hydrazine groups is 1. The molecule has 4 bridgehead atoms. The molecule has 5 rings (SSSR count). The highest BCUT2D eigenvalue weighted by Gasteiger charge is 2.61. The van der Waals surface area contributed by atoms with Gasteiger partial charge in [-0.05, 0) is 69.4 Å². The lowest BCUT2D eigenvalue weighted by atomic mass is 9.49. The molecule has 1 aromatic rings. The van der Waals surface area contributed by atoms with Crippen LogP contribution in [0.4, 0.5) is 0 Å². The van der Waals surface area contributed by atoms with Crippen LogP contribution in [0.1, 0.15) is 55.8 Å². The number of hydrogen-bond acceptors (Lipinski definition) is 4. The molecule has 4 saturated carbocycles. The van der Waals surface area contributed by atoms with Crippen molar-refractivity contribution in [1.82, 2.24) is 10.9 Å². The molecule has 4 aliphatic rings. The first-order chi connectivity index (χ1) is 13.3. The zero-order valence-electron chi connectivity index (χ0n) is 15.9. The lowest BCUT2D eigenvalue weighted by molar-refractivity contribution is -0.177. The zero-order chi connectivity index (χ0) is 19.9. The van der Waals surface area contributed by atoms with Crippen molar-refractivity contribution in [2.24, 2.45) is 17.3 Å². The van der Waals surface area contributed by atoms with Crippen molar-refractivity contribution in [3.05, 3.63) is 35.9 Å². The Hall–Kier alpha value is -2.08. The average Bonchev–Trinajstić information content (AvgIpc) is 2.64. The fourth-order valence-electron chi connectivity index (χ4n) is 5.61. The molecule has 2 unspecified atom stereocenters. The van der Waals surface area contributed by atoms with Crippen molar-refractivity contribution < 1.29 is 19.1 Å². The maximum atomic E-state index is 13.0. The Kier molecular flexibility index (Phi) is 4.86. The minimum absolute atomic E-state index is 0.293. The lowest BCUT2D eigenvalue weighted by Crippen LogP contribution is -2.57. The monoisotopic (exact) mass is 404 g/mol. The second-order valence-electron chi connectivity index (χ2n) is 8.75. The van der Waals surface area contributed by atoms with E-state index in [4.69, 9.17) is 16.3 Å². The van der Waals surface area contributed by atoms with E-state index in [9.17, 15) is 14.4 Å². The number of hydrogen-bond donors (Lipinski definition) is 2. The largest absolute Gasteiger partial charge is 0.452 e. The van der Waals surface area contributed by atoms with Crippen molar-refractivity contribution in [1.29, 1.82) is 0 Å². The number of carbonyl (C=O) groups is 3. The van der Waals surface area contributed by atoms with Crippen molar-refractivity contribution in [2.75, 3.05) is 0 Å². The van der Waals surface area contributed by atoms with E-state index in [0.717, 1.165) is 32.1 Å². The number of amides is 2. The van der Waals surface area contributed by atoms with Gasteiger partial charge in [-0.1, -0.05) is 18.2 Å². The molecule has 150 valence electrons. The molecule has 0 heterocycles. The Morgan fingerprint density at radius 1 is 1.07 bits per heavy atom. The van der Waals surface area contributed by atoms with Gasteiger partial charge in [-0.2, -0.15) is 0 Å². The van der Waals surface area contributed by atoms with Crippen LogP contribution in [0, 0.1) is 17.3 Å². The van der Waals surface area contributed by atoms with Crippen molar-refractivity contribution >= 4 is 29.4 Å². The van der Waals surface area contributed by atoms with Crippen LogP contribution in [0.3, 0.4) is 0 Å². The predicted octanol–water partition coefficient (Wildman–Crippen LogP) is 2.96. The topological polar surface area (TPSA) is 84.5 Å². The lowest BCUT2D eigenvalue weighted by Gasteiger charge is -2.58. The summed E-state index contributed by atoms with van der Waals surface area (Å²) in [5.74, 6) is -0.384. The van der Waals surface area contributed by atoms with E-state index in [0.29, 0.717) is 23.8 Å². The summed E-state index contributed by atoms with van der Waals surface area (Å²) in [6.07, 6.45) is 4.33. The van der Waals surface area contributed by atoms with Gasteiger partial charge in [0, 0.05) is 10.4 Å². The van der Waals surface area contributed by atoms with Gasteiger partial charge >= 0.3 is 5.97 Å². The highest BCUT2D eigenvalue weighted by Crippen LogP contribution is 2.64. The molecule has 2 amide bonds. The molecule has 4 aliphatic carbocycles. The highest BCUT2D eigenvalue weighted by molar-refractivity contribution is 6.24. The number of rotatable bonds is 4. The van der Waals surface area contributed by atoms with Crippen LogP contribution in [0.25, 0.3) is 0 Å². The summed E-state index contributed by atoms with van der Waals surface area (Å²) in [5.41, 5.74) is 4.53. The van der Waals surface area contributed by atoms with E-state index < -0.39 is 23.3 Å². The van der Waals surface area contributed by atoms with Crippen LogP contribution in [-0.4, -0.2) is 28.8 Å². The molecule has 0 aromatic heterocycles. The van der Waals surface area contributed by atoms with Gasteiger partial charge in [-0.25, -0.2) is 0 Å². The Labute approximate surface area is 169 Å². The molecule has 0 aliphatic heterocycles. The minimum Gasteiger partial charge on any atom is -0.452 e. The third kappa shape index (κ3) is 3.62. The molecule has 1 aromatic carbocycles. The molecular formula is C21H25ClN2O4. The summed E-state index contributed by atoms with van der Waals surface area (Å²) < 4.78 is 5.52. The number of benzene rings is 1. The summed E-state index contributed by atoms with van der Waals surface area (Å²) in [6, 6.07) is 8.54. The van der Waals surface area contributed by atoms with E-state index in [2.05, 4.69) is 10.9 Å². The van der Waals surface area contributed by atoms with Crippen molar-refractivity contribution in [3.63, 3.8) is 0 Å². The average molecular weight is 405 g/mol. The number of esters is 1. The maximum Gasteiger partial charge on any atom is 0.312 e. The number of ether oxygens (including phenoxy) is 1. The van der Waals surface area contributed by atoms with Crippen LogP contribution in [0.5, 0.6) is 0 Å². The van der Waals surface area contributed by atoms with Crippen molar-refractivity contribution in [2.45, 2.75) is 56.4 Å². The van der Waals surface area contributed by atoms with Gasteiger partial charge in [0.05, 0.1) is 5.41 Å². The second kappa shape index (κ2) is 7.07. The third-order valence-electron chi connectivity index (χ3n) is 6.41. The smallest absolute Gasteiger partial charge is 0.312 e. The van der Waals surface area contributed by atoms with Crippen LogP contribution >= 0.6 is 11.6 Å². The highest BCUT2D eigenvalue weighted by atomic mass is 35.5. The van der Waals surface area contributed by atoms with Gasteiger partial charge < -0.3 is 4.74 Å². The number of halogens is 1. The third-order valence-corrected chi connectivity index (χ3v) is 6.85. The summed E-state index contributed by atoms with van der Waals surface area (Å²) in [6.45, 7) is 1.51. The Bertz CT molecular complexity index is 783. The molecule has 5 atom stereocenters. The molecular weight excluding hydrogens is 380 g/mol. The maximum absolute atomic E-state index is 13.0. The normalized spacial score (nSPS) is 33.8. The molecule has 28 heavy (non-hydrogen) atoms. The Morgan fingerprint density at radius 2 is 1.71 bits per heavy atom. The first kappa shape index (κ1) is 19.2. The molecule has 2 N–H and O–H groups in total. The summed E-state index contributed by atoms with van der Waals surface area (Å²) in [4.78, 5) is 37.0. The summed E-state index contributed by atoms with van der Waals surface area (Å²) in [7, 11) is 0. The van der Waals surface area contributed by atoms with Gasteiger partial charge in [0.1, 0.15) is 0 Å². The molecule has 7 heteroatoms. The van der Waals surface area contributed by atoms with Gasteiger partial charge in [0.25, 0.3) is 11.8 Å². The van der Waals surface area contributed by atoms with Crippen LogP contribution in [-0.2, 0) is 14.3 Å². The zero-order valence-corrected chi connectivity index (χ0v) is 16.6. The van der Waals surface area contributed by atoms with E-state index in [1.54, 1.807) is 30.3 Å². The number of carbonyl (C=O) groups excluding carboxylic acids is 3. The SMILES string of the molecule is C[C@H](OC(=O)C12C[C@@H]3C[C@@H](CC(Cl)(C3)C1)C2)C(=O)NNC(=O)c1ccccc1. The number of nitrogens with one attached hydrogen (secondary N) is 2.